The zero-order valence-corrected chi connectivity index (χ0v) is 11.1. The molecule has 4 nitrogen and oxygen atoms in total. The van der Waals surface area contributed by atoms with Crippen LogP contribution in [0.15, 0.2) is 24.3 Å². The third kappa shape index (κ3) is 2.08. The van der Waals surface area contributed by atoms with Crippen molar-refractivity contribution in [3.63, 3.8) is 0 Å². The predicted molar refractivity (Wildman–Crippen MR) is 71.8 cm³/mol. The number of hydrogen-bond acceptors (Lipinski definition) is 3. The van der Waals surface area contributed by atoms with Gasteiger partial charge >= 0.3 is 0 Å². The first-order chi connectivity index (χ1) is 8.46. The third-order valence-electron chi connectivity index (χ3n) is 3.53. The maximum atomic E-state index is 12.0. The van der Waals surface area contributed by atoms with Crippen molar-refractivity contribution in [2.45, 2.75) is 38.8 Å². The van der Waals surface area contributed by atoms with E-state index in [2.05, 4.69) is 0 Å². The number of ether oxygens (including phenoxy) is 1. The number of anilines is 1. The molecule has 0 aliphatic carbocycles. The van der Waals surface area contributed by atoms with E-state index < -0.39 is 0 Å². The molecule has 0 bridgehead atoms. The molecule has 18 heavy (non-hydrogen) atoms. The lowest BCUT2D eigenvalue weighted by molar-refractivity contribution is -0.117. The van der Waals surface area contributed by atoms with Gasteiger partial charge in [-0.25, -0.2) is 0 Å². The lowest BCUT2D eigenvalue weighted by Crippen LogP contribution is -2.49. The van der Waals surface area contributed by atoms with Gasteiger partial charge in [0.15, 0.2) is 0 Å². The Bertz CT molecular complexity index is 440. The van der Waals surface area contributed by atoms with E-state index in [1.165, 1.54) is 0 Å². The number of amides is 1. The first kappa shape index (κ1) is 12.9. The topological polar surface area (TPSA) is 55.6 Å². The Morgan fingerprint density at radius 1 is 1.39 bits per heavy atom. The summed E-state index contributed by atoms with van der Waals surface area (Å²) in [4.78, 5) is 13.8. The van der Waals surface area contributed by atoms with Crippen molar-refractivity contribution in [1.82, 2.24) is 0 Å². The van der Waals surface area contributed by atoms with Crippen molar-refractivity contribution in [1.29, 1.82) is 0 Å². The molecule has 1 amide bonds. The van der Waals surface area contributed by atoms with E-state index in [9.17, 15) is 4.79 Å². The molecule has 0 spiro atoms. The summed E-state index contributed by atoms with van der Waals surface area (Å²) in [6, 6.07) is 7.44. The second-order valence-electron chi connectivity index (χ2n) is 5.12. The highest BCUT2D eigenvalue weighted by Gasteiger charge is 2.44. The predicted octanol–water partition coefficient (Wildman–Crippen LogP) is 1.93. The van der Waals surface area contributed by atoms with Gasteiger partial charge in [0.2, 0.25) is 5.91 Å². The molecule has 2 N–H and O–H groups in total. The second-order valence-corrected chi connectivity index (χ2v) is 5.12. The van der Waals surface area contributed by atoms with Crippen LogP contribution in [-0.2, 0) is 4.79 Å². The van der Waals surface area contributed by atoms with Crippen LogP contribution in [0.5, 0.6) is 5.75 Å². The van der Waals surface area contributed by atoms with Gasteiger partial charge in [-0.3, -0.25) is 4.79 Å². The summed E-state index contributed by atoms with van der Waals surface area (Å²) in [5.41, 5.74) is 6.55. The van der Waals surface area contributed by atoms with Gasteiger partial charge in [0.1, 0.15) is 5.75 Å². The van der Waals surface area contributed by atoms with Crippen LogP contribution in [0.3, 0.4) is 0 Å². The zero-order chi connectivity index (χ0) is 13.3. The van der Waals surface area contributed by atoms with Gasteiger partial charge in [-0.1, -0.05) is 0 Å². The van der Waals surface area contributed by atoms with Crippen molar-refractivity contribution in [3.8, 4) is 5.75 Å². The van der Waals surface area contributed by atoms with E-state index >= 15 is 0 Å². The summed E-state index contributed by atoms with van der Waals surface area (Å²) in [7, 11) is 0. The van der Waals surface area contributed by atoms with Crippen molar-refractivity contribution in [2.24, 2.45) is 5.73 Å². The fourth-order valence-electron chi connectivity index (χ4n) is 2.35. The van der Waals surface area contributed by atoms with Crippen LogP contribution in [0.4, 0.5) is 5.69 Å². The van der Waals surface area contributed by atoms with E-state index in [0.717, 1.165) is 11.4 Å². The minimum atomic E-state index is -0.343. The van der Waals surface area contributed by atoms with Crippen molar-refractivity contribution in [2.75, 3.05) is 11.5 Å². The van der Waals surface area contributed by atoms with Crippen LogP contribution in [0.2, 0.25) is 0 Å². The molecule has 1 unspecified atom stereocenters. The van der Waals surface area contributed by atoms with Crippen LogP contribution in [0.25, 0.3) is 0 Å². The van der Waals surface area contributed by atoms with Gasteiger partial charge in [0.25, 0.3) is 0 Å². The molecule has 0 radical (unpaired) electrons. The Morgan fingerprint density at radius 2 is 2.00 bits per heavy atom. The quantitative estimate of drug-likeness (QED) is 0.889. The highest BCUT2D eigenvalue weighted by Crippen LogP contribution is 2.34. The average molecular weight is 248 g/mol. The Hall–Kier alpha value is -1.55. The highest BCUT2D eigenvalue weighted by molar-refractivity contribution is 5.98. The minimum Gasteiger partial charge on any atom is -0.494 e. The van der Waals surface area contributed by atoms with Gasteiger partial charge in [0, 0.05) is 18.2 Å². The van der Waals surface area contributed by atoms with Crippen molar-refractivity contribution < 1.29 is 9.53 Å². The van der Waals surface area contributed by atoms with Gasteiger partial charge in [0.05, 0.1) is 12.1 Å². The van der Waals surface area contributed by atoms with E-state index in [0.29, 0.717) is 13.0 Å². The van der Waals surface area contributed by atoms with Crippen molar-refractivity contribution in [3.05, 3.63) is 24.3 Å². The fourth-order valence-corrected chi connectivity index (χ4v) is 2.35. The Kier molecular flexibility index (Phi) is 3.30. The maximum absolute atomic E-state index is 12.0. The molecule has 1 fully saturated rings. The number of nitrogens with zero attached hydrogens (tertiary/aromatic N) is 1. The molecule has 1 saturated heterocycles. The molecule has 1 heterocycles. The number of carbonyl (C=O) groups is 1. The molecular formula is C14H20N2O2. The van der Waals surface area contributed by atoms with E-state index in [-0.39, 0.29) is 17.5 Å². The molecule has 2 rings (SSSR count). The maximum Gasteiger partial charge on any atom is 0.229 e. The third-order valence-corrected chi connectivity index (χ3v) is 3.53. The highest BCUT2D eigenvalue weighted by atomic mass is 16.5. The normalized spacial score (nSPS) is 22.3. The van der Waals surface area contributed by atoms with Crippen LogP contribution in [-0.4, -0.2) is 24.1 Å². The molecule has 4 heteroatoms. The largest absolute Gasteiger partial charge is 0.494 e. The fraction of sp³-hybridized carbons (Fsp3) is 0.500. The molecule has 1 aromatic rings. The van der Waals surface area contributed by atoms with Gasteiger partial charge in [-0.05, 0) is 45.0 Å². The second kappa shape index (κ2) is 4.61. The van der Waals surface area contributed by atoms with E-state index in [1.54, 1.807) is 4.90 Å². The summed E-state index contributed by atoms with van der Waals surface area (Å²) >= 11 is 0. The molecule has 98 valence electrons. The molecule has 0 saturated carbocycles. The van der Waals surface area contributed by atoms with Crippen LogP contribution in [0.1, 0.15) is 27.2 Å². The number of rotatable bonds is 3. The summed E-state index contributed by atoms with van der Waals surface area (Å²) in [6.45, 7) is 6.58. The first-order valence-electron chi connectivity index (χ1n) is 6.28. The van der Waals surface area contributed by atoms with Gasteiger partial charge in [-0.2, -0.15) is 0 Å². The molecule has 1 aliphatic heterocycles. The van der Waals surface area contributed by atoms with Crippen LogP contribution in [0, 0.1) is 0 Å². The SMILES string of the molecule is CCOc1ccc(N2C(=O)CC(N)C2(C)C)cc1. The van der Waals surface area contributed by atoms with Gasteiger partial charge in [-0.15, -0.1) is 0 Å². The minimum absolute atomic E-state index is 0.0802. The van der Waals surface area contributed by atoms with E-state index in [4.69, 9.17) is 10.5 Å². The Morgan fingerprint density at radius 3 is 2.44 bits per heavy atom. The van der Waals surface area contributed by atoms with Crippen LogP contribution >= 0.6 is 0 Å². The Labute approximate surface area is 108 Å². The molecule has 1 aromatic carbocycles. The lowest BCUT2D eigenvalue weighted by Gasteiger charge is -2.34. The number of carbonyl (C=O) groups excluding carboxylic acids is 1. The number of benzene rings is 1. The van der Waals surface area contributed by atoms with Crippen LogP contribution < -0.4 is 15.4 Å². The zero-order valence-electron chi connectivity index (χ0n) is 11.1. The Balaban J connectivity index is 2.28. The molecule has 0 aromatic heterocycles. The smallest absolute Gasteiger partial charge is 0.229 e. The summed E-state index contributed by atoms with van der Waals surface area (Å²) in [5, 5.41) is 0. The first-order valence-corrected chi connectivity index (χ1v) is 6.28. The molecule has 1 aliphatic rings. The lowest BCUT2D eigenvalue weighted by atomic mass is 9.96. The summed E-state index contributed by atoms with van der Waals surface area (Å²) in [6.07, 6.45) is 0.403. The number of nitrogens with two attached hydrogens (primary N) is 1. The molecular weight excluding hydrogens is 228 g/mol. The standard InChI is InChI=1S/C14H20N2O2/c1-4-18-11-7-5-10(6-8-11)16-13(17)9-12(15)14(16,2)3/h5-8,12H,4,9,15H2,1-3H3. The number of hydrogen-bond donors (Lipinski definition) is 1. The average Bonchev–Trinajstić information content (AvgIpc) is 2.50. The summed E-state index contributed by atoms with van der Waals surface area (Å²) < 4.78 is 5.40. The van der Waals surface area contributed by atoms with Gasteiger partial charge < -0.3 is 15.4 Å². The van der Waals surface area contributed by atoms with Crippen molar-refractivity contribution >= 4 is 11.6 Å². The molecule has 1 atom stereocenters. The van der Waals surface area contributed by atoms with E-state index in [1.807, 2.05) is 45.0 Å². The summed E-state index contributed by atoms with van der Waals surface area (Å²) in [5.74, 6) is 0.895. The monoisotopic (exact) mass is 248 g/mol.